The average Bonchev–Trinajstić information content (AvgIpc) is 3.00. The van der Waals surface area contributed by atoms with Gasteiger partial charge in [0, 0.05) is 22.5 Å². The van der Waals surface area contributed by atoms with Crippen molar-refractivity contribution in [1.82, 2.24) is 0 Å². The van der Waals surface area contributed by atoms with E-state index < -0.39 is 21.7 Å². The number of hydrogen-bond donors (Lipinski definition) is 2. The second kappa shape index (κ2) is 12.4. The minimum absolute atomic E-state index is 0.0451. The maximum atomic E-state index is 13.2. The number of sulfone groups is 1. The second-order valence-electron chi connectivity index (χ2n) is 8.60. The van der Waals surface area contributed by atoms with E-state index in [1.807, 2.05) is 0 Å². The lowest BCUT2D eigenvalue weighted by Gasteiger charge is -2.11. The smallest absolute Gasteiger partial charge is 0.255 e. The molecule has 4 aromatic carbocycles. The molecular weight excluding hydrogens is 548 g/mol. The van der Waals surface area contributed by atoms with Crippen LogP contribution in [0.5, 0.6) is 23.0 Å². The van der Waals surface area contributed by atoms with Crippen LogP contribution in [0.25, 0.3) is 0 Å². The normalized spacial score (nSPS) is 10.8. The second-order valence-corrected chi connectivity index (χ2v) is 10.5. The Balaban J connectivity index is 1.44. The summed E-state index contributed by atoms with van der Waals surface area (Å²) in [5.74, 6) is 1.01. The first-order chi connectivity index (χ1) is 19.7. The Labute approximate surface area is 237 Å². The third kappa shape index (κ3) is 6.42. The van der Waals surface area contributed by atoms with Crippen LogP contribution < -0.4 is 29.6 Å². The quantitative estimate of drug-likeness (QED) is 0.268. The Morgan fingerprint density at radius 3 is 1.17 bits per heavy atom. The van der Waals surface area contributed by atoms with Crippen LogP contribution in [0.2, 0.25) is 0 Å². The number of nitrogens with one attached hydrogen (secondary N) is 2. The first-order valence-electron chi connectivity index (χ1n) is 12.2. The first-order valence-corrected chi connectivity index (χ1v) is 13.7. The van der Waals surface area contributed by atoms with Gasteiger partial charge in [-0.25, -0.2) is 8.42 Å². The van der Waals surface area contributed by atoms with E-state index >= 15 is 0 Å². The molecule has 0 aliphatic carbocycles. The zero-order valence-corrected chi connectivity index (χ0v) is 23.6. The summed E-state index contributed by atoms with van der Waals surface area (Å²) in [6.45, 7) is 0. The van der Waals surface area contributed by atoms with E-state index in [0.717, 1.165) is 0 Å². The van der Waals surface area contributed by atoms with Crippen LogP contribution in [-0.4, -0.2) is 48.7 Å². The van der Waals surface area contributed by atoms with Gasteiger partial charge in [0.25, 0.3) is 11.8 Å². The SMILES string of the molecule is COc1ccc(C(=O)Nc2ccc(S(=O)(=O)c3ccc(NC(=O)c4ccc(OC)c(OC)c4)cc3)cc2)cc1OC. The molecule has 0 unspecified atom stereocenters. The molecule has 41 heavy (non-hydrogen) atoms. The van der Waals surface area contributed by atoms with Gasteiger partial charge in [-0.05, 0) is 84.9 Å². The molecular formula is C30H28N2O8S. The molecule has 212 valence electrons. The van der Waals surface area contributed by atoms with Crippen molar-refractivity contribution in [2.24, 2.45) is 0 Å². The van der Waals surface area contributed by atoms with Crippen LogP contribution in [-0.2, 0) is 9.84 Å². The van der Waals surface area contributed by atoms with Crippen molar-refractivity contribution in [2.45, 2.75) is 9.79 Å². The predicted octanol–water partition coefficient (Wildman–Crippen LogP) is 5.06. The summed E-state index contributed by atoms with van der Waals surface area (Å²) in [5.41, 5.74) is 1.52. The number of amides is 2. The van der Waals surface area contributed by atoms with Gasteiger partial charge in [-0.3, -0.25) is 9.59 Å². The molecule has 2 amide bonds. The van der Waals surface area contributed by atoms with Crippen molar-refractivity contribution in [1.29, 1.82) is 0 Å². The fraction of sp³-hybridized carbons (Fsp3) is 0.133. The minimum Gasteiger partial charge on any atom is -0.493 e. The highest BCUT2D eigenvalue weighted by molar-refractivity contribution is 7.91. The number of carbonyl (C=O) groups excluding carboxylic acids is 2. The molecule has 0 radical (unpaired) electrons. The van der Waals surface area contributed by atoms with Crippen LogP contribution in [0.4, 0.5) is 11.4 Å². The Hall–Kier alpha value is -5.03. The zero-order valence-electron chi connectivity index (χ0n) is 22.8. The summed E-state index contributed by atoms with van der Waals surface area (Å²) in [7, 11) is 2.10. The molecule has 0 aromatic heterocycles. The molecule has 0 spiro atoms. The summed E-state index contributed by atoms with van der Waals surface area (Å²) in [6, 6.07) is 21.2. The summed E-state index contributed by atoms with van der Waals surface area (Å²) in [4.78, 5) is 25.4. The molecule has 0 bridgehead atoms. The Kier molecular flexibility index (Phi) is 8.78. The number of benzene rings is 4. The lowest BCUT2D eigenvalue weighted by atomic mass is 10.2. The van der Waals surface area contributed by atoms with Crippen LogP contribution in [0, 0.1) is 0 Å². The maximum Gasteiger partial charge on any atom is 0.255 e. The van der Waals surface area contributed by atoms with Crippen LogP contribution >= 0.6 is 0 Å². The average molecular weight is 577 g/mol. The standard InChI is InChI=1S/C30H28N2O8S/c1-37-25-15-5-19(17-27(25)39-3)29(33)31-21-7-11-23(12-8-21)41(35,36)24-13-9-22(10-14-24)32-30(34)20-6-16-26(38-2)28(18-20)40-4/h5-18H,1-4H3,(H,31,33)(H,32,34). The van der Waals surface area contributed by atoms with Crippen molar-refractivity contribution < 1.29 is 37.0 Å². The summed E-state index contributed by atoms with van der Waals surface area (Å²) >= 11 is 0. The van der Waals surface area contributed by atoms with E-state index in [2.05, 4.69) is 10.6 Å². The van der Waals surface area contributed by atoms with Gasteiger partial charge in [-0.1, -0.05) is 0 Å². The third-order valence-electron chi connectivity index (χ3n) is 6.14. The van der Waals surface area contributed by atoms with Gasteiger partial charge in [0.2, 0.25) is 9.84 Å². The lowest BCUT2D eigenvalue weighted by Crippen LogP contribution is -2.12. The Morgan fingerprint density at radius 2 is 0.854 bits per heavy atom. The summed E-state index contributed by atoms with van der Waals surface area (Å²) < 4.78 is 47.2. The fourth-order valence-corrected chi connectivity index (χ4v) is 5.19. The maximum absolute atomic E-state index is 13.2. The molecule has 4 rings (SSSR count). The highest BCUT2D eigenvalue weighted by Crippen LogP contribution is 2.30. The number of hydrogen-bond acceptors (Lipinski definition) is 8. The van der Waals surface area contributed by atoms with Crippen LogP contribution in [0.15, 0.2) is 94.7 Å². The minimum atomic E-state index is -3.85. The molecule has 0 heterocycles. The third-order valence-corrected chi connectivity index (χ3v) is 7.92. The van der Waals surface area contributed by atoms with Gasteiger partial charge in [0.05, 0.1) is 38.2 Å². The Morgan fingerprint density at radius 1 is 0.512 bits per heavy atom. The molecule has 2 N–H and O–H groups in total. The van der Waals surface area contributed by atoms with Gasteiger partial charge in [0.15, 0.2) is 23.0 Å². The van der Waals surface area contributed by atoms with Crippen molar-refractivity contribution in [2.75, 3.05) is 39.1 Å². The van der Waals surface area contributed by atoms with Crippen molar-refractivity contribution in [3.8, 4) is 23.0 Å². The van der Waals surface area contributed by atoms with Crippen LogP contribution in [0.1, 0.15) is 20.7 Å². The fourth-order valence-electron chi connectivity index (χ4n) is 3.93. The molecule has 0 aliphatic rings. The molecule has 11 heteroatoms. The predicted molar refractivity (Wildman–Crippen MR) is 153 cm³/mol. The monoisotopic (exact) mass is 576 g/mol. The number of ether oxygens (including phenoxy) is 4. The van der Waals surface area contributed by atoms with Gasteiger partial charge < -0.3 is 29.6 Å². The van der Waals surface area contributed by atoms with Crippen molar-refractivity contribution in [3.63, 3.8) is 0 Å². The highest BCUT2D eigenvalue weighted by Gasteiger charge is 2.19. The zero-order chi connectivity index (χ0) is 29.6. The van der Waals surface area contributed by atoms with Gasteiger partial charge in [-0.2, -0.15) is 0 Å². The Bertz CT molecular complexity index is 1550. The number of anilines is 2. The number of rotatable bonds is 10. The van der Waals surface area contributed by atoms with Crippen molar-refractivity contribution >= 4 is 33.0 Å². The molecule has 0 saturated heterocycles. The molecule has 0 aliphatic heterocycles. The van der Waals surface area contributed by atoms with E-state index in [0.29, 0.717) is 45.5 Å². The van der Waals surface area contributed by atoms with E-state index in [-0.39, 0.29) is 9.79 Å². The molecule has 10 nitrogen and oxygen atoms in total. The molecule has 0 fully saturated rings. The van der Waals surface area contributed by atoms with Crippen LogP contribution in [0.3, 0.4) is 0 Å². The molecule has 4 aromatic rings. The first kappa shape index (κ1) is 29.0. The van der Waals surface area contributed by atoms with Gasteiger partial charge in [-0.15, -0.1) is 0 Å². The number of methoxy groups -OCH3 is 4. The number of carbonyl (C=O) groups is 2. The topological polar surface area (TPSA) is 129 Å². The van der Waals surface area contributed by atoms with E-state index in [4.69, 9.17) is 18.9 Å². The van der Waals surface area contributed by atoms with E-state index in [1.165, 1.54) is 77.0 Å². The summed E-state index contributed by atoms with van der Waals surface area (Å²) in [6.07, 6.45) is 0. The van der Waals surface area contributed by atoms with E-state index in [9.17, 15) is 18.0 Å². The summed E-state index contributed by atoms with van der Waals surface area (Å²) in [5, 5.41) is 5.47. The van der Waals surface area contributed by atoms with Gasteiger partial charge in [0.1, 0.15) is 0 Å². The molecule has 0 atom stereocenters. The largest absolute Gasteiger partial charge is 0.493 e. The lowest BCUT2D eigenvalue weighted by molar-refractivity contribution is 0.101. The highest BCUT2D eigenvalue weighted by atomic mass is 32.2. The van der Waals surface area contributed by atoms with Gasteiger partial charge >= 0.3 is 0 Å². The molecule has 0 saturated carbocycles. The van der Waals surface area contributed by atoms with E-state index in [1.54, 1.807) is 36.4 Å². The van der Waals surface area contributed by atoms with Crippen molar-refractivity contribution in [3.05, 3.63) is 96.1 Å².